The Balaban J connectivity index is 1.48. The van der Waals surface area contributed by atoms with Crippen molar-refractivity contribution in [3.8, 4) is 23.9 Å². The van der Waals surface area contributed by atoms with Crippen LogP contribution in [0.2, 0.25) is 0 Å². The highest BCUT2D eigenvalue weighted by molar-refractivity contribution is 5.74. The van der Waals surface area contributed by atoms with Crippen LogP contribution in [0.1, 0.15) is 18.7 Å². The first kappa shape index (κ1) is 17.9. The van der Waals surface area contributed by atoms with E-state index >= 15 is 0 Å². The smallest absolute Gasteiger partial charge is 0.318 e. The lowest BCUT2D eigenvalue weighted by Gasteiger charge is -2.23. The third-order valence-electron chi connectivity index (χ3n) is 3.99. The summed E-state index contributed by atoms with van der Waals surface area (Å²) in [5.41, 5.74) is 0.618. The van der Waals surface area contributed by atoms with E-state index in [0.29, 0.717) is 36.9 Å². The molecular formula is C18H21N5O3. The van der Waals surface area contributed by atoms with Crippen molar-refractivity contribution in [3.63, 3.8) is 0 Å². The zero-order chi connectivity index (χ0) is 18.2. The summed E-state index contributed by atoms with van der Waals surface area (Å²) in [6.45, 7) is 1.87. The van der Waals surface area contributed by atoms with Crippen LogP contribution in [0.5, 0.6) is 0 Å². The van der Waals surface area contributed by atoms with Crippen molar-refractivity contribution in [2.24, 2.45) is 0 Å². The Morgan fingerprint density at radius 3 is 3.12 bits per heavy atom. The van der Waals surface area contributed by atoms with Crippen LogP contribution < -0.4 is 5.32 Å². The van der Waals surface area contributed by atoms with Gasteiger partial charge in [-0.2, -0.15) is 4.98 Å². The van der Waals surface area contributed by atoms with Crippen LogP contribution in [0.15, 0.2) is 28.9 Å². The van der Waals surface area contributed by atoms with E-state index in [1.54, 1.807) is 17.2 Å². The largest absolute Gasteiger partial charge is 0.376 e. The summed E-state index contributed by atoms with van der Waals surface area (Å²) >= 11 is 0. The van der Waals surface area contributed by atoms with Gasteiger partial charge in [0.15, 0.2) is 5.82 Å². The monoisotopic (exact) mass is 355 g/mol. The summed E-state index contributed by atoms with van der Waals surface area (Å²) in [4.78, 5) is 22.4. The summed E-state index contributed by atoms with van der Waals surface area (Å²) in [5.74, 6) is 3.38. The number of pyridine rings is 1. The van der Waals surface area contributed by atoms with E-state index in [2.05, 4.69) is 26.4 Å². The summed E-state index contributed by atoms with van der Waals surface area (Å²) in [6, 6.07) is 5.24. The van der Waals surface area contributed by atoms with E-state index in [9.17, 15) is 4.79 Å². The van der Waals surface area contributed by atoms with Gasteiger partial charge in [-0.1, -0.05) is 17.1 Å². The predicted molar refractivity (Wildman–Crippen MR) is 94.0 cm³/mol. The van der Waals surface area contributed by atoms with E-state index in [-0.39, 0.29) is 18.7 Å². The van der Waals surface area contributed by atoms with E-state index in [0.717, 1.165) is 19.4 Å². The van der Waals surface area contributed by atoms with E-state index in [4.69, 9.17) is 15.7 Å². The quantitative estimate of drug-likeness (QED) is 0.757. The summed E-state index contributed by atoms with van der Waals surface area (Å²) in [6.07, 6.45) is 9.51. The van der Waals surface area contributed by atoms with Crippen molar-refractivity contribution < 1.29 is 14.1 Å². The number of hydrogen-bond acceptors (Lipinski definition) is 6. The normalized spacial score (nSPS) is 16.2. The van der Waals surface area contributed by atoms with Crippen LogP contribution in [0.3, 0.4) is 0 Å². The minimum atomic E-state index is -0.216. The third-order valence-corrected chi connectivity index (χ3v) is 3.99. The number of nitrogens with one attached hydrogen (secondary N) is 1. The van der Waals surface area contributed by atoms with E-state index in [1.807, 2.05) is 12.1 Å². The third kappa shape index (κ3) is 4.80. The van der Waals surface area contributed by atoms with Crippen LogP contribution in [0.4, 0.5) is 4.79 Å². The summed E-state index contributed by atoms with van der Waals surface area (Å²) in [5, 5.41) is 6.75. The molecule has 1 N–H and O–H groups in total. The molecule has 8 nitrogen and oxygen atoms in total. The van der Waals surface area contributed by atoms with Crippen LogP contribution in [-0.2, 0) is 11.2 Å². The van der Waals surface area contributed by atoms with Gasteiger partial charge in [-0.3, -0.25) is 4.98 Å². The van der Waals surface area contributed by atoms with Crippen molar-refractivity contribution in [1.29, 1.82) is 0 Å². The van der Waals surface area contributed by atoms with Crippen LogP contribution in [-0.4, -0.2) is 58.4 Å². The molecule has 0 aliphatic carbocycles. The van der Waals surface area contributed by atoms with Gasteiger partial charge in [-0.05, 0) is 25.0 Å². The van der Waals surface area contributed by atoms with Crippen molar-refractivity contribution in [2.45, 2.75) is 25.4 Å². The van der Waals surface area contributed by atoms with Crippen molar-refractivity contribution in [1.82, 2.24) is 25.3 Å². The first-order valence-corrected chi connectivity index (χ1v) is 8.58. The Morgan fingerprint density at radius 1 is 1.46 bits per heavy atom. The molecular weight excluding hydrogens is 334 g/mol. The Kier molecular flexibility index (Phi) is 6.17. The maximum atomic E-state index is 12.3. The second-order valence-corrected chi connectivity index (χ2v) is 5.93. The first-order chi connectivity index (χ1) is 12.8. The number of nitrogens with zero attached hydrogens (tertiary/aromatic N) is 4. The minimum Gasteiger partial charge on any atom is -0.376 e. The highest BCUT2D eigenvalue weighted by Crippen LogP contribution is 2.14. The SMILES string of the molecule is C#CCN(C[C@H]1CCCO1)C(=O)NCCc1noc(-c2ccccn2)n1. The minimum absolute atomic E-state index is 0.0623. The zero-order valence-corrected chi connectivity index (χ0v) is 14.4. The number of aromatic nitrogens is 3. The number of hydrogen-bond donors (Lipinski definition) is 1. The summed E-state index contributed by atoms with van der Waals surface area (Å²) in [7, 11) is 0. The van der Waals surface area contributed by atoms with Crippen molar-refractivity contribution in [2.75, 3.05) is 26.2 Å². The number of terminal acetylenes is 1. The van der Waals surface area contributed by atoms with Gasteiger partial charge >= 0.3 is 6.03 Å². The lowest BCUT2D eigenvalue weighted by Crippen LogP contribution is -2.44. The van der Waals surface area contributed by atoms with Crippen LogP contribution in [0.25, 0.3) is 11.6 Å². The van der Waals surface area contributed by atoms with Gasteiger partial charge in [0.05, 0.1) is 12.6 Å². The molecule has 1 saturated heterocycles. The maximum absolute atomic E-state index is 12.3. The molecule has 0 unspecified atom stereocenters. The van der Waals surface area contributed by atoms with Crippen LogP contribution >= 0.6 is 0 Å². The molecule has 0 spiro atoms. The van der Waals surface area contributed by atoms with E-state index < -0.39 is 0 Å². The summed E-state index contributed by atoms with van der Waals surface area (Å²) < 4.78 is 10.8. The van der Waals surface area contributed by atoms with Gasteiger partial charge in [-0.15, -0.1) is 6.42 Å². The zero-order valence-electron chi connectivity index (χ0n) is 14.4. The molecule has 26 heavy (non-hydrogen) atoms. The number of carbonyl (C=O) groups is 1. The average molecular weight is 355 g/mol. The molecule has 0 aromatic carbocycles. The molecule has 1 aliphatic rings. The lowest BCUT2D eigenvalue weighted by atomic mass is 10.2. The van der Waals surface area contributed by atoms with Gasteiger partial charge in [-0.25, -0.2) is 4.79 Å². The highest BCUT2D eigenvalue weighted by Gasteiger charge is 2.22. The molecule has 136 valence electrons. The standard InChI is InChI=1S/C18H21N5O3/c1-2-11-23(13-14-6-5-12-25-14)18(24)20-10-8-16-21-17(26-22-16)15-7-3-4-9-19-15/h1,3-4,7,9,14H,5-6,8,10-13H2,(H,20,24)/t14-/m1/s1. The molecule has 0 bridgehead atoms. The maximum Gasteiger partial charge on any atom is 0.318 e. The fraction of sp³-hybridized carbons (Fsp3) is 0.444. The topological polar surface area (TPSA) is 93.4 Å². The Morgan fingerprint density at radius 2 is 2.38 bits per heavy atom. The molecule has 3 heterocycles. The van der Waals surface area contributed by atoms with Gasteiger partial charge in [0.2, 0.25) is 0 Å². The average Bonchev–Trinajstić information content (AvgIpc) is 3.34. The number of carbonyl (C=O) groups excluding carboxylic acids is 1. The Labute approximate surface area is 151 Å². The Hall–Kier alpha value is -2.92. The molecule has 8 heteroatoms. The molecule has 1 atom stereocenters. The fourth-order valence-electron chi connectivity index (χ4n) is 2.71. The van der Waals surface area contributed by atoms with Crippen molar-refractivity contribution in [3.05, 3.63) is 30.2 Å². The number of urea groups is 1. The Bertz CT molecular complexity index is 750. The molecule has 0 saturated carbocycles. The molecule has 2 aromatic rings. The van der Waals surface area contributed by atoms with Gasteiger partial charge < -0.3 is 19.5 Å². The highest BCUT2D eigenvalue weighted by atomic mass is 16.5. The molecule has 1 aliphatic heterocycles. The van der Waals surface area contributed by atoms with E-state index in [1.165, 1.54) is 0 Å². The molecule has 1 fully saturated rings. The fourth-order valence-corrected chi connectivity index (χ4v) is 2.71. The molecule has 2 aromatic heterocycles. The van der Waals surface area contributed by atoms with Crippen molar-refractivity contribution >= 4 is 6.03 Å². The lowest BCUT2D eigenvalue weighted by molar-refractivity contribution is 0.0846. The van der Waals surface area contributed by atoms with Gasteiger partial charge in [0.1, 0.15) is 5.69 Å². The molecule has 0 radical (unpaired) electrons. The van der Waals surface area contributed by atoms with Gasteiger partial charge in [0.25, 0.3) is 5.89 Å². The predicted octanol–water partition coefficient (Wildman–Crippen LogP) is 1.50. The first-order valence-electron chi connectivity index (χ1n) is 8.58. The van der Waals surface area contributed by atoms with Crippen LogP contribution in [0, 0.1) is 12.3 Å². The number of amides is 2. The number of rotatable bonds is 7. The van der Waals surface area contributed by atoms with Gasteiger partial charge in [0, 0.05) is 32.3 Å². The second kappa shape index (κ2) is 8.97. The molecule has 3 rings (SSSR count). The number of ether oxygens (including phenoxy) is 1. The molecule has 2 amide bonds. The second-order valence-electron chi connectivity index (χ2n) is 5.93.